The molecule has 0 atom stereocenters. The Labute approximate surface area is 579 Å². The van der Waals surface area contributed by atoms with Gasteiger partial charge in [-0.25, -0.2) is 0 Å². The fraction of sp³-hybridized carbons (Fsp3) is 0. The van der Waals surface area contributed by atoms with Crippen molar-refractivity contribution in [2.75, 3.05) is 19.6 Å². The molecule has 15 aromatic carbocycles. The third kappa shape index (κ3) is 9.12. The van der Waals surface area contributed by atoms with Crippen molar-refractivity contribution >= 4 is 146 Å². The Bertz CT molecular complexity index is 5840. The third-order valence-corrected chi connectivity index (χ3v) is 21.5. The van der Waals surface area contributed by atoms with Crippen LogP contribution in [0.3, 0.4) is 0 Å². The van der Waals surface area contributed by atoms with E-state index in [1.807, 2.05) is 11.3 Å². The first-order valence-electron chi connectivity index (χ1n) is 33.9. The lowest BCUT2D eigenvalue weighted by molar-refractivity contribution is 0.487. The summed E-state index contributed by atoms with van der Waals surface area (Å²) in [4.78, 5) is 9.95. The van der Waals surface area contributed by atoms with Gasteiger partial charge in [-0.2, -0.15) is 0 Å². The zero-order valence-corrected chi connectivity index (χ0v) is 54.5. The van der Waals surface area contributed by atoms with E-state index in [1.54, 1.807) is 0 Å². The highest BCUT2D eigenvalue weighted by Crippen LogP contribution is 2.54. The molecule has 0 fully saturated rings. The van der Waals surface area contributed by atoms with Gasteiger partial charge in [0.2, 0.25) is 0 Å². The molecule has 0 radical (unpaired) electrons. The summed E-state index contributed by atoms with van der Waals surface area (Å²) < 4.78 is 17.4. The minimum atomic E-state index is -0.258. The second kappa shape index (κ2) is 23.1. The molecule has 16 aromatic rings. The molecule has 99 heavy (non-hydrogen) atoms. The molecule has 0 aliphatic carbocycles. The summed E-state index contributed by atoms with van der Waals surface area (Å²) in [6.45, 7) is -0.510. The van der Waals surface area contributed by atoms with E-state index in [4.69, 9.17) is 9.47 Å². The number of fused-ring (bicyclic) bond motifs is 11. The van der Waals surface area contributed by atoms with Crippen LogP contribution in [-0.4, -0.2) is 13.4 Å². The first-order valence-corrected chi connectivity index (χ1v) is 34.7. The minimum Gasteiger partial charge on any atom is -0.458 e. The van der Waals surface area contributed by atoms with Gasteiger partial charge in [-0.05, 0) is 135 Å². The van der Waals surface area contributed by atoms with Gasteiger partial charge in [-0.1, -0.05) is 249 Å². The second-order valence-electron chi connectivity index (χ2n) is 25.8. The molecule has 0 saturated carbocycles. The number of hydrogen-bond donors (Lipinski definition) is 0. The number of rotatable bonds is 11. The van der Waals surface area contributed by atoms with Gasteiger partial charge in [0.05, 0.1) is 28.4 Å². The molecule has 6 nitrogen and oxygen atoms in total. The van der Waals surface area contributed by atoms with Crippen molar-refractivity contribution in [2.45, 2.75) is 0 Å². The lowest BCUT2D eigenvalue weighted by Gasteiger charge is -2.45. The fourth-order valence-corrected chi connectivity index (χ4v) is 17.4. The maximum absolute atomic E-state index is 7.48. The van der Waals surface area contributed by atoms with E-state index in [-0.39, 0.29) is 13.4 Å². The van der Waals surface area contributed by atoms with Crippen molar-refractivity contribution in [3.8, 4) is 56.4 Å². The lowest BCUT2D eigenvalue weighted by atomic mass is 9.31. The van der Waals surface area contributed by atoms with E-state index < -0.39 is 0 Å². The largest absolute Gasteiger partial charge is 0.458 e. The molecule has 0 unspecified atom stereocenters. The van der Waals surface area contributed by atoms with Crippen LogP contribution in [0.25, 0.3) is 53.6 Å². The average molecular weight is 1280 g/mol. The Balaban J connectivity index is 0.915. The average Bonchev–Trinajstić information content (AvgIpc) is 0.920. The van der Waals surface area contributed by atoms with Crippen molar-refractivity contribution in [3.63, 3.8) is 0 Å². The Kier molecular flexibility index (Phi) is 13.2. The molecule has 4 aliphatic rings. The number of thiophene rings is 1. The van der Waals surface area contributed by atoms with Crippen LogP contribution in [0.15, 0.2) is 352 Å². The van der Waals surface area contributed by atoms with Crippen molar-refractivity contribution < 1.29 is 9.47 Å². The van der Waals surface area contributed by atoms with Gasteiger partial charge >= 0.3 is 0 Å². The molecule has 4 aliphatic heterocycles. The van der Waals surface area contributed by atoms with Crippen LogP contribution in [0.2, 0.25) is 0 Å². The van der Waals surface area contributed by atoms with Gasteiger partial charge in [0.25, 0.3) is 13.4 Å². The summed E-state index contributed by atoms with van der Waals surface area (Å²) in [5.41, 5.74) is 25.9. The summed E-state index contributed by atoms with van der Waals surface area (Å²) >= 11 is 1.87. The number of ether oxygens (including phenoxy) is 2. The first kappa shape index (κ1) is 56.8. The predicted octanol–water partition coefficient (Wildman–Crippen LogP) is 20.8. The molecule has 462 valence electrons. The summed E-state index contributed by atoms with van der Waals surface area (Å²) in [5.74, 6) is 3.29. The van der Waals surface area contributed by atoms with Crippen molar-refractivity contribution in [1.82, 2.24) is 0 Å². The summed E-state index contributed by atoms with van der Waals surface area (Å²) in [7, 11) is 0. The molecule has 0 N–H and O–H groups in total. The van der Waals surface area contributed by atoms with Crippen LogP contribution in [-0.2, 0) is 0 Å². The van der Waals surface area contributed by atoms with Crippen LogP contribution in [0.5, 0.6) is 23.0 Å². The minimum absolute atomic E-state index is 0.252. The molecule has 9 heteroatoms. The quantitative estimate of drug-likeness (QED) is 0.120. The van der Waals surface area contributed by atoms with Crippen LogP contribution in [0.4, 0.5) is 68.2 Å². The monoisotopic (exact) mass is 1280 g/mol. The maximum Gasteiger partial charge on any atom is 0.256 e. The van der Waals surface area contributed by atoms with E-state index in [2.05, 4.69) is 371 Å². The Morgan fingerprint density at radius 3 is 1.27 bits per heavy atom. The summed E-state index contributed by atoms with van der Waals surface area (Å²) in [5, 5.41) is 2.51. The highest BCUT2D eigenvalue weighted by molar-refractivity contribution is 7.26. The van der Waals surface area contributed by atoms with Crippen LogP contribution >= 0.6 is 11.3 Å². The molecular formula is C90H58B2N4O2S. The van der Waals surface area contributed by atoms with E-state index in [9.17, 15) is 0 Å². The van der Waals surface area contributed by atoms with Gasteiger partial charge < -0.3 is 29.1 Å². The van der Waals surface area contributed by atoms with E-state index >= 15 is 0 Å². The zero-order chi connectivity index (χ0) is 65.1. The van der Waals surface area contributed by atoms with Gasteiger partial charge in [0, 0.05) is 94.4 Å². The summed E-state index contributed by atoms with van der Waals surface area (Å²) in [6, 6.07) is 128. The van der Waals surface area contributed by atoms with Crippen molar-refractivity contribution in [2.24, 2.45) is 0 Å². The highest BCUT2D eigenvalue weighted by atomic mass is 32.1. The SMILES string of the molecule is c1ccc(-c2ccccc2N(c2ccccc2)c2cc3c4c(c2)N(c2ccccc2-c2ccccc2)c2cc5c(cc2B4c2ccccc2O3)B2c3ccccc3Oc3cc(N(c4ccccc4)c4ccccc4)cc(c32)N5c2ccccc2-c2cccc3c2sc2ccccc23)cc1. The Morgan fingerprint density at radius 1 is 0.263 bits per heavy atom. The zero-order valence-electron chi connectivity index (χ0n) is 53.7. The van der Waals surface area contributed by atoms with Crippen LogP contribution in [0.1, 0.15) is 0 Å². The normalized spacial score (nSPS) is 12.7. The molecule has 0 bridgehead atoms. The van der Waals surface area contributed by atoms with Gasteiger partial charge in [0.15, 0.2) is 0 Å². The standard InChI is InChI=1S/C90H58B2N4O2S/c1-6-29-59(30-7-1)66-39-16-22-47-76(66)94(63-37-14-5-15-38-63)65-54-82-89-86(56-65)98-84-51-26-21-46-73(84)91(89)74-57-75-80(58-79(74)95(82)77-48-23-17-40-67(77)60-31-8-2-9-32-60)96(78-49-24-18-41-68(78)70-43-28-44-71-69-42-19-27-52-87(69)99-90(70)71)81-53-64(55-85-88(81)92(75)72-45-20-25-50-83(72)97-85)93(61-33-10-3-11-34-61)62-35-12-4-13-36-62/h1-58H. The Hall–Kier alpha value is -12.6. The number of benzene rings is 15. The van der Waals surface area contributed by atoms with Gasteiger partial charge in [-0.15, -0.1) is 11.3 Å². The first-order chi connectivity index (χ1) is 49.1. The number of nitrogens with zero attached hydrogens (tertiary/aromatic N) is 4. The highest BCUT2D eigenvalue weighted by Gasteiger charge is 2.48. The maximum atomic E-state index is 7.48. The van der Waals surface area contributed by atoms with Crippen molar-refractivity contribution in [3.05, 3.63) is 352 Å². The molecule has 20 rings (SSSR count). The molecular weight excluding hydrogens is 1220 g/mol. The van der Waals surface area contributed by atoms with E-state index in [0.717, 1.165) is 141 Å². The molecule has 0 saturated heterocycles. The fourth-order valence-electron chi connectivity index (χ4n) is 16.2. The topological polar surface area (TPSA) is 31.4 Å². The number of para-hydroxylation sites is 8. The lowest BCUT2D eigenvalue weighted by Crippen LogP contribution is -2.63. The molecule has 5 heterocycles. The third-order valence-electron chi connectivity index (χ3n) is 20.3. The smallest absolute Gasteiger partial charge is 0.256 e. The van der Waals surface area contributed by atoms with E-state index in [1.165, 1.54) is 36.7 Å². The number of hydrogen-bond acceptors (Lipinski definition) is 7. The van der Waals surface area contributed by atoms with E-state index in [0.29, 0.717) is 0 Å². The second-order valence-corrected chi connectivity index (χ2v) is 26.8. The van der Waals surface area contributed by atoms with Crippen molar-refractivity contribution in [1.29, 1.82) is 0 Å². The number of anilines is 12. The molecule has 1 aromatic heterocycles. The van der Waals surface area contributed by atoms with Crippen LogP contribution in [0, 0.1) is 0 Å². The van der Waals surface area contributed by atoms with Crippen LogP contribution < -0.4 is 61.9 Å². The Morgan fingerprint density at radius 2 is 0.687 bits per heavy atom. The summed E-state index contributed by atoms with van der Waals surface area (Å²) in [6.07, 6.45) is 0. The predicted molar refractivity (Wildman–Crippen MR) is 417 cm³/mol. The van der Waals surface area contributed by atoms with Gasteiger partial charge in [0.1, 0.15) is 23.0 Å². The molecule has 0 spiro atoms. The van der Waals surface area contributed by atoms with Gasteiger partial charge in [-0.3, -0.25) is 0 Å². The molecule has 0 amide bonds.